The molecule has 170 valence electrons. The summed E-state index contributed by atoms with van der Waals surface area (Å²) in [6.45, 7) is 4.18. The predicted molar refractivity (Wildman–Crippen MR) is 116 cm³/mol. The number of carboxylic acid groups (broad SMARTS) is 1. The van der Waals surface area contributed by atoms with Gasteiger partial charge in [0.15, 0.2) is 6.04 Å². The van der Waals surface area contributed by atoms with E-state index in [9.17, 15) is 14.4 Å². The largest absolute Gasteiger partial charge is 0.480 e. The average Bonchev–Trinajstić information content (AvgIpc) is 3.04. The van der Waals surface area contributed by atoms with Crippen molar-refractivity contribution in [1.29, 1.82) is 0 Å². The van der Waals surface area contributed by atoms with Gasteiger partial charge in [0.05, 0.1) is 6.61 Å². The van der Waals surface area contributed by atoms with Gasteiger partial charge in [-0.3, -0.25) is 0 Å². The van der Waals surface area contributed by atoms with Crippen LogP contribution < -0.4 is 5.32 Å². The topological polar surface area (TPSA) is 111 Å². The first-order valence-electron chi connectivity index (χ1n) is 10.3. The van der Waals surface area contributed by atoms with Crippen LogP contribution >= 0.6 is 0 Å². The summed E-state index contributed by atoms with van der Waals surface area (Å²) in [5.74, 6) is -2.05. The summed E-state index contributed by atoms with van der Waals surface area (Å²) >= 11 is 0. The highest BCUT2D eigenvalue weighted by molar-refractivity contribution is 5.82. The number of hydrogen-bond donors (Lipinski definition) is 2. The van der Waals surface area contributed by atoms with Crippen LogP contribution in [0.3, 0.4) is 0 Å². The maximum Gasteiger partial charge on any atom is 0.407 e. The molecule has 1 aliphatic rings. The molecule has 0 aliphatic heterocycles. The minimum atomic E-state index is -1.20. The first-order valence-corrected chi connectivity index (χ1v) is 10.3. The number of ether oxygens (including phenoxy) is 3. The van der Waals surface area contributed by atoms with E-state index in [1.807, 2.05) is 48.5 Å². The van der Waals surface area contributed by atoms with Crippen LogP contribution in [-0.4, -0.2) is 54.6 Å². The Balaban J connectivity index is 1.66. The zero-order valence-corrected chi connectivity index (χ0v) is 18.3. The number of benzene rings is 2. The first-order chi connectivity index (χ1) is 15.2. The number of rotatable bonds is 8. The molecular weight excluding hydrogens is 414 g/mol. The molecule has 0 unspecified atom stereocenters. The highest BCUT2D eigenvalue weighted by Crippen LogP contribution is 2.44. The predicted octanol–water partition coefficient (Wildman–Crippen LogP) is 3.34. The standard InChI is InChI=1S/C24H27NO7/c1-24(2,3)32-22(28)20(13-30-14-21(26)27)25-23(29)31-12-19-17-10-6-4-8-15(17)16-9-5-7-11-18(16)19/h4-11,19-20H,12-14H2,1-3H3,(H,25,29)(H,26,27)/t20-/m0/s1. The molecule has 0 radical (unpaired) electrons. The number of nitrogens with one attached hydrogen (secondary N) is 1. The molecule has 2 aromatic rings. The molecule has 1 aliphatic carbocycles. The minimum absolute atomic E-state index is 0.0802. The van der Waals surface area contributed by atoms with Gasteiger partial charge in [-0.1, -0.05) is 48.5 Å². The Kier molecular flexibility index (Phi) is 7.15. The lowest BCUT2D eigenvalue weighted by Gasteiger charge is -2.24. The van der Waals surface area contributed by atoms with Crippen LogP contribution in [-0.2, 0) is 23.8 Å². The zero-order chi connectivity index (χ0) is 23.3. The number of hydrogen-bond acceptors (Lipinski definition) is 6. The lowest BCUT2D eigenvalue weighted by Crippen LogP contribution is -2.47. The van der Waals surface area contributed by atoms with Crippen molar-refractivity contribution < 1.29 is 33.7 Å². The third-order valence-corrected chi connectivity index (χ3v) is 4.84. The monoisotopic (exact) mass is 441 g/mol. The van der Waals surface area contributed by atoms with Gasteiger partial charge in [0.25, 0.3) is 0 Å². The molecule has 2 N–H and O–H groups in total. The average molecular weight is 441 g/mol. The van der Waals surface area contributed by atoms with Crippen molar-refractivity contribution in [2.75, 3.05) is 19.8 Å². The quantitative estimate of drug-likeness (QED) is 0.605. The number of carbonyl (C=O) groups is 3. The fourth-order valence-electron chi connectivity index (χ4n) is 3.59. The summed E-state index contributed by atoms with van der Waals surface area (Å²) in [7, 11) is 0. The molecule has 0 heterocycles. The number of alkyl carbamates (subject to hydrolysis) is 1. The minimum Gasteiger partial charge on any atom is -0.480 e. The molecule has 8 nitrogen and oxygen atoms in total. The molecule has 0 spiro atoms. The summed E-state index contributed by atoms with van der Waals surface area (Å²) in [6.07, 6.45) is -0.818. The van der Waals surface area contributed by atoms with Crippen LogP contribution in [0.4, 0.5) is 4.79 Å². The van der Waals surface area contributed by atoms with Crippen molar-refractivity contribution in [3.05, 3.63) is 59.7 Å². The van der Waals surface area contributed by atoms with Gasteiger partial charge in [-0.05, 0) is 43.0 Å². The molecule has 1 amide bonds. The molecule has 0 aromatic heterocycles. The van der Waals surface area contributed by atoms with Crippen molar-refractivity contribution in [2.24, 2.45) is 0 Å². The molecular formula is C24H27NO7. The number of carbonyl (C=O) groups excluding carboxylic acids is 2. The van der Waals surface area contributed by atoms with Gasteiger partial charge in [0.2, 0.25) is 0 Å². The summed E-state index contributed by atoms with van der Waals surface area (Å²) in [6, 6.07) is 14.7. The normalized spacial score (nSPS) is 13.6. The van der Waals surface area contributed by atoms with Gasteiger partial charge in [-0.25, -0.2) is 14.4 Å². The van der Waals surface area contributed by atoms with Crippen LogP contribution in [0, 0.1) is 0 Å². The van der Waals surface area contributed by atoms with Gasteiger partial charge >= 0.3 is 18.0 Å². The fourth-order valence-corrected chi connectivity index (χ4v) is 3.59. The second kappa shape index (κ2) is 9.82. The SMILES string of the molecule is CC(C)(C)OC(=O)[C@H](COCC(=O)O)NC(=O)OCC1c2ccccc2-c2ccccc21. The highest BCUT2D eigenvalue weighted by Gasteiger charge is 2.31. The third-order valence-electron chi connectivity index (χ3n) is 4.84. The number of aliphatic carboxylic acids is 1. The third kappa shape index (κ3) is 5.85. The lowest BCUT2D eigenvalue weighted by molar-refractivity contribution is -0.160. The van der Waals surface area contributed by atoms with E-state index in [1.54, 1.807) is 20.8 Å². The molecule has 0 bridgehead atoms. The molecule has 0 saturated heterocycles. The van der Waals surface area contributed by atoms with Gasteiger partial charge < -0.3 is 24.6 Å². The van der Waals surface area contributed by atoms with Crippen molar-refractivity contribution in [1.82, 2.24) is 5.32 Å². The van der Waals surface area contributed by atoms with Crippen LogP contribution in [0.5, 0.6) is 0 Å². The van der Waals surface area contributed by atoms with Crippen molar-refractivity contribution in [3.63, 3.8) is 0 Å². The van der Waals surface area contributed by atoms with Crippen LogP contribution in [0.2, 0.25) is 0 Å². The van der Waals surface area contributed by atoms with E-state index >= 15 is 0 Å². The molecule has 0 fully saturated rings. The van der Waals surface area contributed by atoms with Crippen molar-refractivity contribution in [2.45, 2.75) is 38.3 Å². The van der Waals surface area contributed by atoms with E-state index in [2.05, 4.69) is 5.32 Å². The Morgan fingerprint density at radius 2 is 1.56 bits per heavy atom. The smallest absolute Gasteiger partial charge is 0.407 e. The summed E-state index contributed by atoms with van der Waals surface area (Å²) in [5, 5.41) is 11.2. The molecule has 0 saturated carbocycles. The van der Waals surface area contributed by atoms with E-state index in [4.69, 9.17) is 19.3 Å². The van der Waals surface area contributed by atoms with Crippen LogP contribution in [0.25, 0.3) is 11.1 Å². The second-order valence-electron chi connectivity index (χ2n) is 8.46. The summed E-state index contributed by atoms with van der Waals surface area (Å²) < 4.78 is 15.7. The van der Waals surface area contributed by atoms with Crippen LogP contribution in [0.15, 0.2) is 48.5 Å². The Bertz CT molecular complexity index is 950. The Hall–Kier alpha value is -3.39. The Morgan fingerprint density at radius 1 is 1.00 bits per heavy atom. The zero-order valence-electron chi connectivity index (χ0n) is 18.3. The van der Waals surface area contributed by atoms with Gasteiger partial charge in [-0.15, -0.1) is 0 Å². The van der Waals surface area contributed by atoms with Crippen LogP contribution in [0.1, 0.15) is 37.8 Å². The first kappa shape index (κ1) is 23.3. The molecule has 32 heavy (non-hydrogen) atoms. The van der Waals surface area contributed by atoms with Gasteiger partial charge in [0.1, 0.15) is 18.8 Å². The molecule has 8 heteroatoms. The maximum absolute atomic E-state index is 12.5. The Labute approximate surface area is 186 Å². The number of fused-ring (bicyclic) bond motifs is 3. The summed E-state index contributed by atoms with van der Waals surface area (Å²) in [5.41, 5.74) is 3.55. The van der Waals surface area contributed by atoms with E-state index in [0.717, 1.165) is 22.3 Å². The maximum atomic E-state index is 12.5. The fraction of sp³-hybridized carbons (Fsp3) is 0.375. The van der Waals surface area contributed by atoms with E-state index in [1.165, 1.54) is 0 Å². The Morgan fingerprint density at radius 3 is 2.09 bits per heavy atom. The van der Waals surface area contributed by atoms with E-state index < -0.39 is 36.3 Å². The van der Waals surface area contributed by atoms with Crippen molar-refractivity contribution >= 4 is 18.0 Å². The van der Waals surface area contributed by atoms with Gasteiger partial charge in [0, 0.05) is 5.92 Å². The molecule has 3 rings (SSSR count). The molecule has 2 aromatic carbocycles. The molecule has 1 atom stereocenters. The lowest BCUT2D eigenvalue weighted by atomic mass is 9.98. The number of amides is 1. The highest BCUT2D eigenvalue weighted by atomic mass is 16.6. The summed E-state index contributed by atoms with van der Waals surface area (Å²) in [4.78, 5) is 35.6. The van der Waals surface area contributed by atoms with Gasteiger partial charge in [-0.2, -0.15) is 0 Å². The number of carboxylic acids is 1. The number of esters is 1. The van der Waals surface area contributed by atoms with E-state index in [0.29, 0.717) is 0 Å². The second-order valence-corrected chi connectivity index (χ2v) is 8.46. The van der Waals surface area contributed by atoms with E-state index in [-0.39, 0.29) is 19.1 Å². The van der Waals surface area contributed by atoms with Crippen molar-refractivity contribution in [3.8, 4) is 11.1 Å².